The zero-order valence-electron chi connectivity index (χ0n) is 18.3. The quantitative estimate of drug-likeness (QED) is 0.340. The Kier molecular flexibility index (Phi) is 6.73. The van der Waals surface area contributed by atoms with E-state index in [1.165, 1.54) is 36.5 Å². The number of carbonyl (C=O) groups is 1. The van der Waals surface area contributed by atoms with Crippen LogP contribution < -0.4 is 5.32 Å². The number of carboxylic acid groups (broad SMARTS) is 1. The lowest BCUT2D eigenvalue weighted by Gasteiger charge is -2.14. The second-order valence-corrected chi connectivity index (χ2v) is 7.69. The van der Waals surface area contributed by atoms with Crippen LogP contribution in [0, 0.1) is 18.6 Å². The molecule has 34 heavy (non-hydrogen) atoms. The number of carboxylic acids is 1. The minimum atomic E-state index is -1.22. The van der Waals surface area contributed by atoms with Crippen LogP contribution in [0.1, 0.15) is 22.4 Å². The maximum Gasteiger partial charge on any atom is 0.352 e. The highest BCUT2D eigenvalue weighted by atomic mass is 19.1. The Bertz CT molecular complexity index is 1350. The molecule has 0 unspecified atom stereocenters. The van der Waals surface area contributed by atoms with Crippen LogP contribution in [0.5, 0.6) is 0 Å². The van der Waals surface area contributed by atoms with E-state index in [0.29, 0.717) is 34.5 Å². The normalized spacial score (nSPS) is 11.3. The molecule has 170 valence electrons. The number of benzene rings is 3. The highest BCUT2D eigenvalue weighted by Crippen LogP contribution is 2.26. The third-order valence-electron chi connectivity index (χ3n) is 5.19. The van der Waals surface area contributed by atoms with Crippen molar-refractivity contribution in [3.05, 3.63) is 119 Å². The first-order valence-corrected chi connectivity index (χ1v) is 10.5. The molecule has 0 atom stereocenters. The van der Waals surface area contributed by atoms with Gasteiger partial charge in [0.05, 0.1) is 17.6 Å². The van der Waals surface area contributed by atoms with E-state index in [4.69, 9.17) is 0 Å². The van der Waals surface area contributed by atoms with Gasteiger partial charge in [0.2, 0.25) is 0 Å². The Balaban J connectivity index is 1.76. The fourth-order valence-electron chi connectivity index (χ4n) is 3.42. The summed E-state index contributed by atoms with van der Waals surface area (Å²) in [6.07, 6.45) is 3.14. The van der Waals surface area contributed by atoms with Crippen LogP contribution >= 0.6 is 0 Å². The molecule has 0 radical (unpaired) electrons. The minimum absolute atomic E-state index is 0.162. The Morgan fingerprint density at radius 2 is 1.74 bits per heavy atom. The van der Waals surface area contributed by atoms with Gasteiger partial charge in [-0.1, -0.05) is 54.6 Å². The number of aromatic nitrogens is 2. The van der Waals surface area contributed by atoms with Gasteiger partial charge in [0, 0.05) is 12.0 Å². The molecule has 2 N–H and O–H groups in total. The van der Waals surface area contributed by atoms with E-state index in [9.17, 15) is 18.7 Å². The number of aryl methyl sites for hydroxylation is 1. The Morgan fingerprint density at radius 3 is 2.44 bits per heavy atom. The molecule has 5 nitrogen and oxygen atoms in total. The minimum Gasteiger partial charge on any atom is -0.477 e. The van der Waals surface area contributed by atoms with E-state index in [-0.39, 0.29) is 17.3 Å². The summed E-state index contributed by atoms with van der Waals surface area (Å²) in [6, 6.07) is 20.0. The lowest BCUT2D eigenvalue weighted by atomic mass is 10.1. The van der Waals surface area contributed by atoms with Gasteiger partial charge in [0.25, 0.3) is 0 Å². The Labute approximate surface area is 195 Å². The number of hydrogen-bond donors (Lipinski definition) is 2. The first-order valence-electron chi connectivity index (χ1n) is 10.5. The molecule has 4 rings (SSSR count). The molecule has 1 heterocycles. The van der Waals surface area contributed by atoms with Gasteiger partial charge < -0.3 is 10.4 Å². The van der Waals surface area contributed by atoms with Gasteiger partial charge in [-0.3, -0.25) is 0 Å². The molecule has 0 aliphatic carbocycles. The topological polar surface area (TPSA) is 75.1 Å². The second-order valence-electron chi connectivity index (χ2n) is 7.69. The number of nitrogens with zero attached hydrogens (tertiary/aromatic N) is 2. The molecule has 7 heteroatoms. The van der Waals surface area contributed by atoms with Gasteiger partial charge in [-0.2, -0.15) is 0 Å². The van der Waals surface area contributed by atoms with Gasteiger partial charge in [0.15, 0.2) is 5.82 Å². The van der Waals surface area contributed by atoms with Gasteiger partial charge in [-0.25, -0.2) is 23.5 Å². The van der Waals surface area contributed by atoms with Crippen molar-refractivity contribution in [1.29, 1.82) is 0 Å². The highest BCUT2D eigenvalue weighted by molar-refractivity contribution is 5.95. The summed E-state index contributed by atoms with van der Waals surface area (Å²) < 4.78 is 28.0. The summed E-state index contributed by atoms with van der Waals surface area (Å²) >= 11 is 0. The molecule has 0 spiro atoms. The number of hydrogen-bond acceptors (Lipinski definition) is 4. The van der Waals surface area contributed by atoms with E-state index >= 15 is 0 Å². The Morgan fingerprint density at radius 1 is 1.00 bits per heavy atom. The lowest BCUT2D eigenvalue weighted by Crippen LogP contribution is -2.14. The van der Waals surface area contributed by atoms with Crippen LogP contribution in [0.2, 0.25) is 0 Å². The van der Waals surface area contributed by atoms with Gasteiger partial charge in [-0.15, -0.1) is 0 Å². The molecule has 0 saturated carbocycles. The van der Waals surface area contributed by atoms with Crippen LogP contribution in [-0.2, 0) is 11.2 Å². The van der Waals surface area contributed by atoms with Crippen molar-refractivity contribution < 1.29 is 18.7 Å². The molecular weight excluding hydrogens is 436 g/mol. The molecule has 0 bridgehead atoms. The molecule has 1 aromatic heterocycles. The zero-order chi connectivity index (χ0) is 24.1. The van der Waals surface area contributed by atoms with E-state index in [2.05, 4.69) is 15.3 Å². The standard InChI is InChI=1S/C27H21F2N3O2/c1-17-6-5-9-21(25(17)29)24-16-30-26(22(31-24)14-18-7-3-2-4-8-18)32-23(27(33)34)15-19-10-12-20(28)13-11-19/h2-13,15-16H,14H2,1H3,(H,30,32)(H,33,34)/b23-15-. The number of anilines is 1. The fraction of sp³-hybridized carbons (Fsp3) is 0.0741. The third-order valence-corrected chi connectivity index (χ3v) is 5.19. The van der Waals surface area contributed by atoms with Crippen LogP contribution in [0.4, 0.5) is 14.6 Å². The van der Waals surface area contributed by atoms with Crippen LogP contribution in [0.3, 0.4) is 0 Å². The smallest absolute Gasteiger partial charge is 0.352 e. The summed E-state index contributed by atoms with van der Waals surface area (Å²) in [6.45, 7) is 1.67. The van der Waals surface area contributed by atoms with E-state index in [1.807, 2.05) is 30.3 Å². The van der Waals surface area contributed by atoms with Crippen molar-refractivity contribution in [3.8, 4) is 11.3 Å². The molecule has 3 aromatic carbocycles. The maximum atomic E-state index is 14.7. The Hall–Kier alpha value is -4.39. The summed E-state index contributed by atoms with van der Waals surface area (Å²) in [5.74, 6) is -1.79. The number of aliphatic carboxylic acids is 1. The predicted octanol–water partition coefficient (Wildman–Crippen LogP) is 5.86. The van der Waals surface area contributed by atoms with Crippen molar-refractivity contribution in [3.63, 3.8) is 0 Å². The highest BCUT2D eigenvalue weighted by Gasteiger charge is 2.17. The van der Waals surface area contributed by atoms with Crippen molar-refractivity contribution in [2.45, 2.75) is 13.3 Å². The molecule has 4 aromatic rings. The first-order chi connectivity index (χ1) is 16.4. The van der Waals surface area contributed by atoms with Gasteiger partial charge >= 0.3 is 5.97 Å². The van der Waals surface area contributed by atoms with Crippen LogP contribution in [0.15, 0.2) is 84.7 Å². The summed E-state index contributed by atoms with van der Waals surface area (Å²) in [5, 5.41) is 12.6. The van der Waals surface area contributed by atoms with E-state index in [1.54, 1.807) is 25.1 Å². The molecular formula is C27H21F2N3O2. The van der Waals surface area contributed by atoms with E-state index < -0.39 is 11.8 Å². The average molecular weight is 457 g/mol. The first kappa shape index (κ1) is 22.8. The number of halogens is 2. The predicted molar refractivity (Wildman–Crippen MR) is 127 cm³/mol. The van der Waals surface area contributed by atoms with Gasteiger partial charge in [-0.05, 0) is 47.9 Å². The lowest BCUT2D eigenvalue weighted by molar-refractivity contribution is -0.132. The monoisotopic (exact) mass is 457 g/mol. The van der Waals surface area contributed by atoms with E-state index in [0.717, 1.165) is 5.56 Å². The largest absolute Gasteiger partial charge is 0.477 e. The number of rotatable bonds is 7. The van der Waals surface area contributed by atoms with Crippen LogP contribution in [0.25, 0.3) is 17.3 Å². The summed E-state index contributed by atoms with van der Waals surface area (Å²) in [4.78, 5) is 20.9. The van der Waals surface area contributed by atoms with Crippen LogP contribution in [-0.4, -0.2) is 21.0 Å². The third kappa shape index (κ3) is 5.32. The van der Waals surface area contributed by atoms with Crippen molar-refractivity contribution in [2.75, 3.05) is 5.32 Å². The number of nitrogens with one attached hydrogen (secondary N) is 1. The fourth-order valence-corrected chi connectivity index (χ4v) is 3.42. The van der Waals surface area contributed by atoms with Crippen molar-refractivity contribution in [2.24, 2.45) is 0 Å². The molecule has 0 amide bonds. The van der Waals surface area contributed by atoms with Crippen molar-refractivity contribution >= 4 is 17.9 Å². The molecule has 0 fully saturated rings. The molecule has 0 aliphatic heterocycles. The summed E-state index contributed by atoms with van der Waals surface area (Å²) in [7, 11) is 0. The molecule has 0 saturated heterocycles. The van der Waals surface area contributed by atoms with Crippen molar-refractivity contribution in [1.82, 2.24) is 9.97 Å². The average Bonchev–Trinajstić information content (AvgIpc) is 2.83. The zero-order valence-corrected chi connectivity index (χ0v) is 18.3. The SMILES string of the molecule is Cc1cccc(-c2cnc(N/C(=C\c3ccc(F)cc3)C(=O)O)c(Cc3ccccc3)n2)c1F. The van der Waals surface area contributed by atoms with Gasteiger partial charge in [0.1, 0.15) is 17.3 Å². The summed E-state index contributed by atoms with van der Waals surface area (Å²) in [5.41, 5.74) is 2.87. The second kappa shape index (κ2) is 10.0. The maximum absolute atomic E-state index is 14.7. The molecule has 0 aliphatic rings.